The lowest BCUT2D eigenvalue weighted by atomic mass is 10.2. The normalized spacial score (nSPS) is 20.4. The monoisotopic (exact) mass is 269 g/mol. The first-order valence-corrected chi connectivity index (χ1v) is 7.08. The number of sulfonamides is 1. The zero-order valence-electron chi connectivity index (χ0n) is 9.96. The molecule has 1 heterocycles. The van der Waals surface area contributed by atoms with E-state index in [-0.39, 0.29) is 18.9 Å². The highest BCUT2D eigenvalue weighted by Crippen LogP contribution is 2.26. The number of amides is 1. The van der Waals surface area contributed by atoms with Crippen LogP contribution in [0.1, 0.15) is 12.0 Å². The minimum Gasteiger partial charge on any atom is -0.399 e. The number of nitrogen functional groups attached to an aromatic ring is 1. The van der Waals surface area contributed by atoms with Crippen LogP contribution in [0.3, 0.4) is 0 Å². The third-order valence-electron chi connectivity index (χ3n) is 3.12. The molecular weight excluding hydrogens is 254 g/mol. The Kier molecular flexibility index (Phi) is 3.04. The van der Waals surface area contributed by atoms with Crippen LogP contribution >= 0.6 is 0 Å². The molecule has 0 aliphatic carbocycles. The summed E-state index contributed by atoms with van der Waals surface area (Å²) in [5.41, 5.74) is 7.83. The molecule has 6 nitrogen and oxygen atoms in total. The van der Waals surface area contributed by atoms with Crippen molar-refractivity contribution in [2.75, 3.05) is 17.2 Å². The molecular formula is C11H15N3O3S. The van der Waals surface area contributed by atoms with E-state index in [0.717, 1.165) is 5.56 Å². The molecule has 0 bridgehead atoms. The zero-order valence-corrected chi connectivity index (χ0v) is 10.8. The molecule has 1 aliphatic rings. The van der Waals surface area contributed by atoms with Crippen LogP contribution < -0.4 is 15.8 Å². The molecule has 1 unspecified atom stereocenters. The number of rotatable bonds is 2. The first kappa shape index (κ1) is 12.8. The molecule has 18 heavy (non-hydrogen) atoms. The molecule has 1 saturated heterocycles. The second kappa shape index (κ2) is 4.25. The number of hydrogen-bond acceptors (Lipinski definition) is 4. The SMILES string of the molecule is Cc1cc(N2CC(S(N)(=O)=O)CC2=O)ccc1N. The van der Waals surface area contributed by atoms with Crippen molar-refractivity contribution in [1.29, 1.82) is 0 Å². The lowest BCUT2D eigenvalue weighted by Gasteiger charge is -2.17. The predicted octanol–water partition coefficient (Wildman–Crippen LogP) is -0.0290. The summed E-state index contributed by atoms with van der Waals surface area (Å²) in [6, 6.07) is 5.16. The van der Waals surface area contributed by atoms with Crippen LogP contribution in [-0.4, -0.2) is 26.1 Å². The number of nitrogens with zero attached hydrogens (tertiary/aromatic N) is 1. The summed E-state index contributed by atoms with van der Waals surface area (Å²) in [5, 5.41) is 4.24. The number of aryl methyl sites for hydroxylation is 1. The van der Waals surface area contributed by atoms with E-state index in [2.05, 4.69) is 0 Å². The average Bonchev–Trinajstić information content (AvgIpc) is 2.64. The maximum absolute atomic E-state index is 11.8. The van der Waals surface area contributed by atoms with Crippen LogP contribution in [-0.2, 0) is 14.8 Å². The lowest BCUT2D eigenvalue weighted by molar-refractivity contribution is -0.117. The van der Waals surface area contributed by atoms with Gasteiger partial charge < -0.3 is 10.6 Å². The average molecular weight is 269 g/mol. The highest BCUT2D eigenvalue weighted by Gasteiger charge is 2.37. The Balaban J connectivity index is 2.30. The van der Waals surface area contributed by atoms with Gasteiger partial charge in [-0.1, -0.05) is 0 Å². The van der Waals surface area contributed by atoms with Crippen molar-refractivity contribution in [2.45, 2.75) is 18.6 Å². The number of nitrogens with two attached hydrogens (primary N) is 2. The third kappa shape index (κ3) is 2.32. The molecule has 1 atom stereocenters. The summed E-state index contributed by atoms with van der Waals surface area (Å²) in [6.07, 6.45) is -0.0672. The Bertz CT molecular complexity index is 598. The van der Waals surface area contributed by atoms with Gasteiger partial charge in [-0.2, -0.15) is 0 Å². The summed E-state index contributed by atoms with van der Waals surface area (Å²) in [6.45, 7) is 1.93. The number of hydrogen-bond donors (Lipinski definition) is 2. The molecule has 98 valence electrons. The number of primary sulfonamides is 1. The molecule has 7 heteroatoms. The molecule has 0 spiro atoms. The van der Waals surface area contributed by atoms with E-state index in [1.807, 2.05) is 6.92 Å². The van der Waals surface area contributed by atoms with Gasteiger partial charge in [0.2, 0.25) is 15.9 Å². The molecule has 1 aromatic rings. The smallest absolute Gasteiger partial charge is 0.228 e. The Morgan fingerprint density at radius 2 is 2.06 bits per heavy atom. The molecule has 4 N–H and O–H groups in total. The van der Waals surface area contributed by atoms with Gasteiger partial charge in [-0.15, -0.1) is 0 Å². The van der Waals surface area contributed by atoms with Crippen molar-refractivity contribution in [3.05, 3.63) is 23.8 Å². The fraction of sp³-hybridized carbons (Fsp3) is 0.364. The highest BCUT2D eigenvalue weighted by molar-refractivity contribution is 7.89. The molecule has 2 rings (SSSR count). The fourth-order valence-corrected chi connectivity index (χ4v) is 2.70. The minimum absolute atomic E-state index is 0.0672. The van der Waals surface area contributed by atoms with E-state index < -0.39 is 15.3 Å². The summed E-state index contributed by atoms with van der Waals surface area (Å²) in [7, 11) is -3.68. The van der Waals surface area contributed by atoms with Crippen LogP contribution in [0.2, 0.25) is 0 Å². The Morgan fingerprint density at radius 3 is 2.56 bits per heavy atom. The quantitative estimate of drug-likeness (QED) is 0.735. The lowest BCUT2D eigenvalue weighted by Crippen LogP contribution is -2.32. The minimum atomic E-state index is -3.68. The van der Waals surface area contributed by atoms with E-state index in [1.54, 1.807) is 18.2 Å². The first-order chi connectivity index (χ1) is 8.29. The van der Waals surface area contributed by atoms with E-state index in [4.69, 9.17) is 10.9 Å². The molecule has 0 aromatic heterocycles. The number of anilines is 2. The fourth-order valence-electron chi connectivity index (χ4n) is 1.97. The van der Waals surface area contributed by atoms with Crippen LogP contribution in [0.4, 0.5) is 11.4 Å². The second-order valence-electron chi connectivity index (χ2n) is 4.46. The number of benzene rings is 1. The highest BCUT2D eigenvalue weighted by atomic mass is 32.2. The van der Waals surface area contributed by atoms with E-state index in [9.17, 15) is 13.2 Å². The molecule has 1 fully saturated rings. The maximum atomic E-state index is 11.8. The number of carbonyl (C=O) groups excluding carboxylic acids is 1. The largest absolute Gasteiger partial charge is 0.399 e. The van der Waals surface area contributed by atoms with Gasteiger partial charge in [0.25, 0.3) is 0 Å². The van der Waals surface area contributed by atoms with E-state index in [1.165, 1.54) is 4.90 Å². The molecule has 0 radical (unpaired) electrons. The van der Waals surface area contributed by atoms with E-state index in [0.29, 0.717) is 11.4 Å². The van der Waals surface area contributed by atoms with Gasteiger partial charge >= 0.3 is 0 Å². The topological polar surface area (TPSA) is 106 Å². The molecule has 0 saturated carbocycles. The summed E-state index contributed by atoms with van der Waals surface area (Å²) < 4.78 is 22.5. The molecule has 1 amide bonds. The van der Waals surface area contributed by atoms with Gasteiger partial charge in [0.15, 0.2) is 0 Å². The second-order valence-corrected chi connectivity index (χ2v) is 6.31. The summed E-state index contributed by atoms with van der Waals surface area (Å²) in [5.74, 6) is -0.238. The first-order valence-electron chi connectivity index (χ1n) is 5.47. The molecule has 1 aliphatic heterocycles. The van der Waals surface area contributed by atoms with Gasteiger partial charge in [0.1, 0.15) is 5.25 Å². The van der Waals surface area contributed by atoms with Gasteiger partial charge in [-0.25, -0.2) is 13.6 Å². The van der Waals surface area contributed by atoms with Gasteiger partial charge in [0.05, 0.1) is 0 Å². The Morgan fingerprint density at radius 1 is 1.39 bits per heavy atom. The zero-order chi connectivity index (χ0) is 13.5. The van der Waals surface area contributed by atoms with Gasteiger partial charge in [0, 0.05) is 24.3 Å². The van der Waals surface area contributed by atoms with Crippen molar-refractivity contribution < 1.29 is 13.2 Å². The standard InChI is InChI=1S/C11H15N3O3S/c1-7-4-8(2-3-10(7)12)14-6-9(5-11(14)15)18(13,16)17/h2-4,9H,5-6,12H2,1H3,(H2,13,16,17). The summed E-state index contributed by atoms with van der Waals surface area (Å²) >= 11 is 0. The molecule has 1 aromatic carbocycles. The van der Waals surface area contributed by atoms with Crippen molar-refractivity contribution in [1.82, 2.24) is 0 Å². The van der Waals surface area contributed by atoms with Crippen molar-refractivity contribution in [2.24, 2.45) is 5.14 Å². The van der Waals surface area contributed by atoms with Crippen molar-refractivity contribution in [3.63, 3.8) is 0 Å². The van der Waals surface area contributed by atoms with Crippen LogP contribution in [0.25, 0.3) is 0 Å². The van der Waals surface area contributed by atoms with Crippen molar-refractivity contribution in [3.8, 4) is 0 Å². The Labute approximate surface area is 106 Å². The third-order valence-corrected chi connectivity index (χ3v) is 4.36. The maximum Gasteiger partial charge on any atom is 0.228 e. The van der Waals surface area contributed by atoms with Gasteiger partial charge in [-0.3, -0.25) is 4.79 Å². The van der Waals surface area contributed by atoms with E-state index >= 15 is 0 Å². The van der Waals surface area contributed by atoms with Crippen LogP contribution in [0.15, 0.2) is 18.2 Å². The summed E-state index contributed by atoms with van der Waals surface area (Å²) in [4.78, 5) is 13.2. The van der Waals surface area contributed by atoms with Crippen LogP contribution in [0.5, 0.6) is 0 Å². The predicted molar refractivity (Wildman–Crippen MR) is 69.5 cm³/mol. The van der Waals surface area contributed by atoms with Gasteiger partial charge in [-0.05, 0) is 30.7 Å². The van der Waals surface area contributed by atoms with Crippen LogP contribution in [0, 0.1) is 6.92 Å². The van der Waals surface area contributed by atoms with Crippen molar-refractivity contribution >= 4 is 27.3 Å². The Hall–Kier alpha value is -1.60. The number of carbonyl (C=O) groups is 1.